The van der Waals surface area contributed by atoms with E-state index in [-0.39, 0.29) is 12.0 Å². The molecule has 3 rings (SSSR count). The van der Waals surface area contributed by atoms with Crippen molar-refractivity contribution >= 4 is 22.9 Å². The standard InChI is InChI=1S/C24H38N6O3S/c1-6-20(29-11-15-33-16-12-29)8-7-19(2)21-17-22-23(28(3)10-9-25-22)24(27-21)26-18-30(34(5)31)13-14-32-4/h6-10,17,19,23,25H,11-16,18H2,1-5H3/b8-7-,20-6+,26-24?. The fraction of sp³-hybridized carbons (Fsp3) is 0.583. The number of fused-ring (bicyclic) bond motifs is 1. The van der Waals surface area contributed by atoms with Gasteiger partial charge in [0.25, 0.3) is 0 Å². The maximum atomic E-state index is 12.2. The van der Waals surface area contributed by atoms with E-state index in [9.17, 15) is 4.55 Å². The van der Waals surface area contributed by atoms with E-state index in [1.807, 2.05) is 19.4 Å². The SMILES string of the molecule is C/C=C(\C=C/C(C)C1=NC(=NCN(CCOC)[S+](C)[O-])C2C(=C1)NC=CN2C)N1CCOCC1. The quantitative estimate of drug-likeness (QED) is 0.369. The third-order valence-corrected chi connectivity index (χ3v) is 7.07. The van der Waals surface area contributed by atoms with Crippen molar-refractivity contribution in [3.05, 3.63) is 48.1 Å². The first-order valence-corrected chi connectivity index (χ1v) is 13.2. The van der Waals surface area contributed by atoms with Crippen LogP contribution in [-0.4, -0.2) is 103 Å². The minimum absolute atomic E-state index is 0.0950. The van der Waals surface area contributed by atoms with E-state index >= 15 is 0 Å². The summed E-state index contributed by atoms with van der Waals surface area (Å²) in [5, 5.41) is 3.36. The molecule has 0 aromatic carbocycles. The highest BCUT2D eigenvalue weighted by atomic mass is 32.2. The molecule has 0 saturated carbocycles. The summed E-state index contributed by atoms with van der Waals surface area (Å²) in [5.74, 6) is 0.803. The highest BCUT2D eigenvalue weighted by Crippen LogP contribution is 2.22. The summed E-state index contributed by atoms with van der Waals surface area (Å²) in [7, 11) is 3.65. The van der Waals surface area contributed by atoms with Gasteiger partial charge in [0.2, 0.25) is 0 Å². The number of aliphatic imine (C=N–C) groups is 2. The average molecular weight is 491 g/mol. The van der Waals surface area contributed by atoms with Gasteiger partial charge in [-0.25, -0.2) is 9.98 Å². The molecule has 188 valence electrons. The Hall–Kier alpha value is -2.11. The zero-order valence-electron chi connectivity index (χ0n) is 20.9. The molecule has 0 spiro atoms. The molecule has 0 aromatic heterocycles. The molecule has 10 heteroatoms. The molecule has 3 atom stereocenters. The molecule has 34 heavy (non-hydrogen) atoms. The van der Waals surface area contributed by atoms with Crippen LogP contribution in [-0.2, 0) is 20.8 Å². The molecular weight excluding hydrogens is 452 g/mol. The van der Waals surface area contributed by atoms with Crippen LogP contribution < -0.4 is 5.32 Å². The highest BCUT2D eigenvalue weighted by Gasteiger charge is 2.31. The van der Waals surface area contributed by atoms with Crippen molar-refractivity contribution in [3.63, 3.8) is 0 Å². The van der Waals surface area contributed by atoms with Gasteiger partial charge >= 0.3 is 0 Å². The van der Waals surface area contributed by atoms with Gasteiger partial charge in [-0.05, 0) is 19.1 Å². The topological polar surface area (TPSA) is 88.0 Å². The Morgan fingerprint density at radius 2 is 2.24 bits per heavy atom. The predicted molar refractivity (Wildman–Crippen MR) is 139 cm³/mol. The molecule has 1 saturated heterocycles. The Bertz CT molecular complexity index is 861. The zero-order chi connectivity index (χ0) is 24.5. The van der Waals surface area contributed by atoms with Gasteiger partial charge in [0.1, 0.15) is 19.0 Å². The number of likely N-dealkylation sites (N-methyl/N-ethyl adjacent to an activating group) is 1. The number of hydrogen-bond donors (Lipinski definition) is 1. The van der Waals surface area contributed by atoms with Crippen LogP contribution in [0.5, 0.6) is 0 Å². The lowest BCUT2D eigenvalue weighted by atomic mass is 9.97. The molecule has 0 aromatic rings. The number of methoxy groups -OCH3 is 1. The second-order valence-corrected chi connectivity index (χ2v) is 9.77. The predicted octanol–water partition coefficient (Wildman–Crippen LogP) is 1.73. The van der Waals surface area contributed by atoms with Gasteiger partial charge in [-0.1, -0.05) is 19.1 Å². The average Bonchev–Trinajstić information content (AvgIpc) is 2.84. The molecule has 3 heterocycles. The van der Waals surface area contributed by atoms with E-state index in [2.05, 4.69) is 53.3 Å². The number of ether oxygens (including phenoxy) is 2. The molecule has 0 aliphatic carbocycles. The second kappa shape index (κ2) is 13.1. The Labute approximate surface area is 206 Å². The number of nitrogens with one attached hydrogen (secondary N) is 1. The van der Waals surface area contributed by atoms with Crippen molar-refractivity contribution in [1.82, 2.24) is 19.4 Å². The summed E-state index contributed by atoms with van der Waals surface area (Å²) in [6.07, 6.45) is 14.2. The Morgan fingerprint density at radius 3 is 2.91 bits per heavy atom. The fourth-order valence-corrected chi connectivity index (χ4v) is 4.54. The van der Waals surface area contributed by atoms with Crippen LogP contribution in [0.25, 0.3) is 0 Å². The molecule has 3 aliphatic heterocycles. The zero-order valence-corrected chi connectivity index (χ0v) is 21.8. The van der Waals surface area contributed by atoms with E-state index in [0.717, 1.165) is 37.7 Å². The van der Waals surface area contributed by atoms with Gasteiger partial charge in [0, 0.05) is 68.3 Å². The third kappa shape index (κ3) is 6.96. The molecule has 3 aliphatic rings. The van der Waals surface area contributed by atoms with Crippen molar-refractivity contribution in [1.29, 1.82) is 0 Å². The molecule has 9 nitrogen and oxygen atoms in total. The number of amidine groups is 1. The van der Waals surface area contributed by atoms with Gasteiger partial charge in [-0.2, -0.15) is 0 Å². The highest BCUT2D eigenvalue weighted by molar-refractivity contribution is 7.88. The first-order chi connectivity index (χ1) is 16.4. The summed E-state index contributed by atoms with van der Waals surface area (Å²) in [6, 6.07) is -0.0982. The van der Waals surface area contributed by atoms with Gasteiger partial charge < -0.3 is 29.1 Å². The van der Waals surface area contributed by atoms with Crippen LogP contribution in [0, 0.1) is 5.92 Å². The molecule has 0 amide bonds. The fourth-order valence-electron chi connectivity index (χ4n) is 3.99. The van der Waals surface area contributed by atoms with Gasteiger partial charge in [-0.15, -0.1) is 4.31 Å². The molecular formula is C24H38N6O3S. The Balaban J connectivity index is 1.81. The van der Waals surface area contributed by atoms with Gasteiger partial charge in [-0.3, -0.25) is 0 Å². The molecule has 0 bridgehead atoms. The Kier molecular flexibility index (Phi) is 10.2. The summed E-state index contributed by atoms with van der Waals surface area (Å²) in [4.78, 5) is 14.2. The lowest BCUT2D eigenvalue weighted by molar-refractivity contribution is 0.0553. The number of nitrogens with zero attached hydrogens (tertiary/aromatic N) is 5. The lowest BCUT2D eigenvalue weighted by Gasteiger charge is -2.35. The van der Waals surface area contributed by atoms with Crippen LogP contribution in [0.1, 0.15) is 13.8 Å². The van der Waals surface area contributed by atoms with Crippen molar-refractivity contribution in [2.24, 2.45) is 15.9 Å². The van der Waals surface area contributed by atoms with Crippen molar-refractivity contribution in [2.45, 2.75) is 19.9 Å². The summed E-state index contributed by atoms with van der Waals surface area (Å²) < 4.78 is 24.6. The number of allylic oxidation sites excluding steroid dienone is 4. The Morgan fingerprint density at radius 1 is 1.47 bits per heavy atom. The summed E-state index contributed by atoms with van der Waals surface area (Å²) in [6.45, 7) is 8.88. The van der Waals surface area contributed by atoms with Crippen molar-refractivity contribution in [3.8, 4) is 0 Å². The monoisotopic (exact) mass is 490 g/mol. The minimum atomic E-state index is -1.15. The molecule has 0 radical (unpaired) electrons. The van der Waals surface area contributed by atoms with Crippen LogP contribution in [0.3, 0.4) is 0 Å². The second-order valence-electron chi connectivity index (χ2n) is 8.40. The third-order valence-electron chi connectivity index (χ3n) is 6.05. The maximum Gasteiger partial charge on any atom is 0.153 e. The minimum Gasteiger partial charge on any atom is -0.598 e. The van der Waals surface area contributed by atoms with E-state index in [4.69, 9.17) is 19.5 Å². The van der Waals surface area contributed by atoms with E-state index in [0.29, 0.717) is 25.7 Å². The largest absolute Gasteiger partial charge is 0.598 e. The van der Waals surface area contributed by atoms with Crippen LogP contribution in [0.2, 0.25) is 0 Å². The van der Waals surface area contributed by atoms with Crippen LogP contribution in [0.4, 0.5) is 0 Å². The summed E-state index contributed by atoms with van der Waals surface area (Å²) in [5.41, 5.74) is 3.18. The number of rotatable bonds is 10. The van der Waals surface area contributed by atoms with Crippen molar-refractivity contribution in [2.75, 3.05) is 66.5 Å². The van der Waals surface area contributed by atoms with Gasteiger partial charge in [0.15, 0.2) is 5.84 Å². The molecule has 1 N–H and O–H groups in total. The first-order valence-electron chi connectivity index (χ1n) is 11.7. The normalized spacial score (nSPS) is 24.3. The first kappa shape index (κ1) is 26.5. The van der Waals surface area contributed by atoms with E-state index < -0.39 is 11.4 Å². The van der Waals surface area contributed by atoms with E-state index in [1.165, 1.54) is 5.70 Å². The summed E-state index contributed by atoms with van der Waals surface area (Å²) >= 11 is -1.15. The number of dihydropyridines is 1. The number of hydrogen-bond acceptors (Lipinski definition) is 8. The molecule has 1 fully saturated rings. The lowest BCUT2D eigenvalue weighted by Crippen LogP contribution is -2.46. The smallest absolute Gasteiger partial charge is 0.153 e. The maximum absolute atomic E-state index is 12.2. The van der Waals surface area contributed by atoms with Crippen LogP contribution >= 0.6 is 0 Å². The molecule has 3 unspecified atom stereocenters. The van der Waals surface area contributed by atoms with E-state index in [1.54, 1.807) is 17.7 Å². The van der Waals surface area contributed by atoms with Gasteiger partial charge in [0.05, 0.1) is 32.1 Å². The number of morpholine rings is 1. The van der Waals surface area contributed by atoms with Crippen LogP contribution in [0.15, 0.2) is 58.1 Å². The van der Waals surface area contributed by atoms with Crippen molar-refractivity contribution < 1.29 is 14.0 Å².